The molecule has 8 nitrogen and oxygen atoms in total. The number of fused-ring (bicyclic) bond motifs is 1. The Bertz CT molecular complexity index is 1650. The molecule has 0 radical (unpaired) electrons. The van der Waals surface area contributed by atoms with Crippen LogP contribution in [0.5, 0.6) is 0 Å². The van der Waals surface area contributed by atoms with Crippen LogP contribution in [-0.4, -0.2) is 39.1 Å². The monoisotopic (exact) mass is 535 g/mol. The van der Waals surface area contributed by atoms with Gasteiger partial charge in [0.15, 0.2) is 0 Å². The van der Waals surface area contributed by atoms with Crippen LogP contribution < -0.4 is 5.32 Å². The summed E-state index contributed by atoms with van der Waals surface area (Å²) in [4.78, 5) is 40.0. The molecule has 1 atom stereocenters. The van der Waals surface area contributed by atoms with Crippen molar-refractivity contribution in [2.75, 3.05) is 0 Å². The van der Waals surface area contributed by atoms with Crippen molar-refractivity contribution in [3.8, 4) is 17.2 Å². The van der Waals surface area contributed by atoms with Gasteiger partial charge < -0.3 is 15.5 Å². The molecule has 190 valence electrons. The summed E-state index contributed by atoms with van der Waals surface area (Å²) in [6.45, 7) is 0. The van der Waals surface area contributed by atoms with Crippen molar-refractivity contribution >= 4 is 40.3 Å². The van der Waals surface area contributed by atoms with Gasteiger partial charge in [0.05, 0.1) is 22.7 Å². The molecule has 0 saturated carbocycles. The number of aromatic carboxylic acids is 1. The zero-order chi connectivity index (χ0) is 27.6. The minimum absolute atomic E-state index is 0.263. The van der Waals surface area contributed by atoms with Crippen LogP contribution in [0.2, 0.25) is 5.02 Å². The maximum atomic E-state index is 14.3. The van der Waals surface area contributed by atoms with Crippen molar-refractivity contribution in [3.63, 3.8) is 0 Å². The molecule has 38 heavy (non-hydrogen) atoms. The minimum atomic E-state index is -1.59. The number of nitriles is 1. The summed E-state index contributed by atoms with van der Waals surface area (Å²) < 4.78 is 28.7. The second-order valence-electron chi connectivity index (χ2n) is 8.17. The Hall–Kier alpha value is -4.88. The number of nitrogens with one attached hydrogen (secondary N) is 1. The van der Waals surface area contributed by atoms with Crippen LogP contribution in [-0.2, 0) is 11.2 Å². The highest BCUT2D eigenvalue weighted by molar-refractivity contribution is 6.33. The first-order chi connectivity index (χ1) is 18.1. The molecule has 4 rings (SSSR count). The number of nitrogens with zero attached hydrogens (tertiary/aromatic N) is 2. The Kier molecular flexibility index (Phi) is 7.32. The number of aromatic nitrogens is 1. The van der Waals surface area contributed by atoms with Gasteiger partial charge in [0.25, 0.3) is 5.91 Å². The van der Waals surface area contributed by atoms with E-state index in [1.54, 1.807) is 36.4 Å². The first kappa shape index (κ1) is 26.2. The van der Waals surface area contributed by atoms with Crippen molar-refractivity contribution in [2.45, 2.75) is 12.5 Å². The van der Waals surface area contributed by atoms with Crippen LogP contribution in [0.4, 0.5) is 8.78 Å². The van der Waals surface area contributed by atoms with Crippen molar-refractivity contribution in [1.29, 1.82) is 5.26 Å². The molecular formula is C27H16ClF2N3O5. The molecule has 11 heteroatoms. The number of pyridine rings is 1. The fourth-order valence-electron chi connectivity index (χ4n) is 3.99. The van der Waals surface area contributed by atoms with Crippen LogP contribution in [0, 0.1) is 23.0 Å². The Morgan fingerprint density at radius 2 is 1.71 bits per heavy atom. The highest BCUT2D eigenvalue weighted by atomic mass is 35.5. The molecule has 3 aromatic carbocycles. The number of carbonyl (C=O) groups excluding carboxylic acids is 1. The predicted molar refractivity (Wildman–Crippen MR) is 133 cm³/mol. The van der Waals surface area contributed by atoms with Gasteiger partial charge in [0.1, 0.15) is 23.2 Å². The van der Waals surface area contributed by atoms with Crippen LogP contribution >= 0.6 is 11.6 Å². The Labute approximate surface area is 218 Å². The van der Waals surface area contributed by atoms with E-state index in [9.17, 15) is 28.3 Å². The molecule has 0 saturated heterocycles. The lowest BCUT2D eigenvalue weighted by molar-refractivity contribution is -0.139. The average molecular weight is 536 g/mol. The van der Waals surface area contributed by atoms with E-state index in [2.05, 4.69) is 10.3 Å². The van der Waals surface area contributed by atoms with Crippen LogP contribution in [0.25, 0.3) is 22.0 Å². The quantitative estimate of drug-likeness (QED) is 0.308. The van der Waals surface area contributed by atoms with E-state index >= 15 is 0 Å². The fraction of sp³-hybridized carbons (Fsp3) is 0.0741. The van der Waals surface area contributed by atoms with E-state index in [1.807, 2.05) is 6.07 Å². The van der Waals surface area contributed by atoms with E-state index in [1.165, 1.54) is 12.3 Å². The van der Waals surface area contributed by atoms with Crippen LogP contribution in [0.3, 0.4) is 0 Å². The molecule has 0 aliphatic carbocycles. The third kappa shape index (κ3) is 5.14. The van der Waals surface area contributed by atoms with Gasteiger partial charge in [0.2, 0.25) is 0 Å². The first-order valence-electron chi connectivity index (χ1n) is 10.9. The summed E-state index contributed by atoms with van der Waals surface area (Å²) in [5, 5.41) is 30.7. The lowest BCUT2D eigenvalue weighted by atomic mass is 9.94. The summed E-state index contributed by atoms with van der Waals surface area (Å²) in [5.74, 6) is -7.29. The number of amides is 1. The third-order valence-corrected chi connectivity index (χ3v) is 6.10. The summed E-state index contributed by atoms with van der Waals surface area (Å²) >= 11 is 6.38. The molecule has 0 fully saturated rings. The molecule has 0 bridgehead atoms. The maximum Gasteiger partial charge on any atom is 0.335 e. The minimum Gasteiger partial charge on any atom is -0.480 e. The zero-order valence-corrected chi connectivity index (χ0v) is 20.0. The van der Waals surface area contributed by atoms with Gasteiger partial charge >= 0.3 is 11.9 Å². The number of benzene rings is 3. The highest BCUT2D eigenvalue weighted by Crippen LogP contribution is 2.34. The molecule has 4 aromatic rings. The first-order valence-corrected chi connectivity index (χ1v) is 11.3. The molecular weight excluding hydrogens is 520 g/mol. The van der Waals surface area contributed by atoms with E-state index in [-0.39, 0.29) is 6.42 Å². The van der Waals surface area contributed by atoms with E-state index < -0.39 is 46.6 Å². The van der Waals surface area contributed by atoms with Crippen molar-refractivity contribution < 1.29 is 33.4 Å². The lowest BCUT2D eigenvalue weighted by Gasteiger charge is -2.18. The number of carboxylic acid groups (broad SMARTS) is 2. The Morgan fingerprint density at radius 1 is 1.03 bits per heavy atom. The largest absolute Gasteiger partial charge is 0.480 e. The average Bonchev–Trinajstić information content (AvgIpc) is 2.88. The van der Waals surface area contributed by atoms with E-state index in [4.69, 9.17) is 22.0 Å². The molecule has 3 N–H and O–H groups in total. The normalized spacial score (nSPS) is 11.5. The second-order valence-corrected chi connectivity index (χ2v) is 8.57. The predicted octanol–water partition coefficient (Wildman–Crippen LogP) is 4.83. The number of aliphatic carboxylic acids is 1. The Balaban J connectivity index is 1.69. The van der Waals surface area contributed by atoms with Gasteiger partial charge in [-0.15, -0.1) is 0 Å². The smallest absolute Gasteiger partial charge is 0.335 e. The van der Waals surface area contributed by atoms with Gasteiger partial charge in [-0.25, -0.2) is 18.4 Å². The van der Waals surface area contributed by atoms with Gasteiger partial charge in [-0.3, -0.25) is 9.78 Å². The number of carboxylic acids is 2. The molecule has 1 amide bonds. The molecule has 0 aliphatic heterocycles. The molecule has 1 aromatic heterocycles. The number of halogens is 3. The second kappa shape index (κ2) is 10.6. The van der Waals surface area contributed by atoms with Crippen molar-refractivity contribution in [3.05, 3.63) is 99.7 Å². The SMILES string of the molecule is N#Cc1ccc(-c2ccc(CC(NC(=O)c3c(F)cc(C(=O)O)cc3F)C(=O)O)c3cccnc23)c(Cl)c1. The van der Waals surface area contributed by atoms with Gasteiger partial charge in [-0.2, -0.15) is 5.26 Å². The van der Waals surface area contributed by atoms with Crippen molar-refractivity contribution in [1.82, 2.24) is 10.3 Å². The molecule has 0 aliphatic rings. The van der Waals surface area contributed by atoms with Crippen LogP contribution in [0.15, 0.2) is 60.8 Å². The number of carbonyl (C=O) groups is 3. The number of hydrogen-bond acceptors (Lipinski definition) is 5. The topological polar surface area (TPSA) is 140 Å². The lowest BCUT2D eigenvalue weighted by Crippen LogP contribution is -2.43. The van der Waals surface area contributed by atoms with Crippen LogP contribution in [0.1, 0.15) is 31.8 Å². The van der Waals surface area contributed by atoms with E-state index in [0.717, 1.165) is 0 Å². The highest BCUT2D eigenvalue weighted by Gasteiger charge is 2.27. The zero-order valence-electron chi connectivity index (χ0n) is 19.2. The fourth-order valence-corrected chi connectivity index (χ4v) is 4.28. The summed E-state index contributed by atoms with van der Waals surface area (Å²) in [6.07, 6.45) is 1.27. The van der Waals surface area contributed by atoms with Crippen molar-refractivity contribution in [2.24, 2.45) is 0 Å². The van der Waals surface area contributed by atoms with Gasteiger partial charge in [0, 0.05) is 34.2 Å². The number of hydrogen-bond donors (Lipinski definition) is 3. The van der Waals surface area contributed by atoms with E-state index in [0.29, 0.717) is 50.3 Å². The standard InChI is InChI=1S/C27H16ClF2N3O5/c28-19-8-13(12-31)3-5-17(19)18-6-4-14(16-2-1-7-32-24(16)18)11-22(27(37)38)33-25(34)23-20(29)9-15(26(35)36)10-21(23)30/h1-10,22H,11H2,(H,33,34)(H,35,36)(H,37,38). The van der Waals surface area contributed by atoms with Gasteiger partial charge in [-0.05, 0) is 35.9 Å². The maximum absolute atomic E-state index is 14.3. The summed E-state index contributed by atoms with van der Waals surface area (Å²) in [7, 11) is 0. The summed E-state index contributed by atoms with van der Waals surface area (Å²) in [5.41, 5.74) is 0.742. The Morgan fingerprint density at radius 3 is 2.32 bits per heavy atom. The molecule has 1 unspecified atom stereocenters. The number of rotatable bonds is 7. The third-order valence-electron chi connectivity index (χ3n) is 5.79. The van der Waals surface area contributed by atoms with Gasteiger partial charge in [-0.1, -0.05) is 35.9 Å². The molecule has 0 spiro atoms. The molecule has 1 heterocycles. The summed E-state index contributed by atoms with van der Waals surface area (Å²) in [6, 6.07) is 12.8.